The lowest BCUT2D eigenvalue weighted by atomic mass is 9.91. The Labute approximate surface area is 145 Å². The van der Waals surface area contributed by atoms with Crippen LogP contribution in [0.25, 0.3) is 0 Å². The average molecular weight is 333 g/mol. The molecule has 0 saturated carbocycles. The van der Waals surface area contributed by atoms with Gasteiger partial charge in [0.1, 0.15) is 0 Å². The molecule has 1 aliphatic rings. The highest BCUT2D eigenvalue weighted by atomic mass is 16.5. The summed E-state index contributed by atoms with van der Waals surface area (Å²) >= 11 is 0. The SMILES string of the molecule is CCC(CC)C(C(=O)NCC(N)c1ccccc1)N1CCOCC1. The maximum atomic E-state index is 12.9. The normalized spacial score (nSPS) is 18.3. The molecule has 1 saturated heterocycles. The summed E-state index contributed by atoms with van der Waals surface area (Å²) in [5, 5.41) is 3.08. The molecule has 3 N–H and O–H groups in total. The van der Waals surface area contributed by atoms with Gasteiger partial charge in [0.05, 0.1) is 19.3 Å². The first-order valence-corrected chi connectivity index (χ1v) is 9.07. The van der Waals surface area contributed by atoms with Crippen molar-refractivity contribution in [1.82, 2.24) is 10.2 Å². The number of nitrogens with zero attached hydrogens (tertiary/aromatic N) is 1. The number of hydrogen-bond donors (Lipinski definition) is 2. The van der Waals surface area contributed by atoms with E-state index in [1.807, 2.05) is 30.3 Å². The highest BCUT2D eigenvalue weighted by Crippen LogP contribution is 2.20. The molecule has 0 spiro atoms. The molecular formula is C19H31N3O2. The number of nitrogens with one attached hydrogen (secondary N) is 1. The lowest BCUT2D eigenvalue weighted by Gasteiger charge is -2.37. The topological polar surface area (TPSA) is 67.6 Å². The van der Waals surface area contributed by atoms with E-state index in [9.17, 15) is 4.79 Å². The van der Waals surface area contributed by atoms with Crippen molar-refractivity contribution in [3.05, 3.63) is 35.9 Å². The highest BCUT2D eigenvalue weighted by molar-refractivity contribution is 5.82. The Kier molecular flexibility index (Phi) is 7.69. The maximum Gasteiger partial charge on any atom is 0.237 e. The molecule has 1 aromatic rings. The third kappa shape index (κ3) is 5.03. The van der Waals surface area contributed by atoms with Crippen LogP contribution in [0.2, 0.25) is 0 Å². The van der Waals surface area contributed by atoms with Gasteiger partial charge in [0, 0.05) is 25.7 Å². The second kappa shape index (κ2) is 9.77. The first-order valence-electron chi connectivity index (χ1n) is 9.07. The minimum Gasteiger partial charge on any atom is -0.379 e. The van der Waals surface area contributed by atoms with E-state index < -0.39 is 0 Å². The summed E-state index contributed by atoms with van der Waals surface area (Å²) in [5.74, 6) is 0.452. The van der Waals surface area contributed by atoms with Crippen LogP contribution in [-0.4, -0.2) is 49.7 Å². The Hall–Kier alpha value is -1.43. The second-order valence-corrected chi connectivity index (χ2v) is 6.43. The molecule has 1 amide bonds. The van der Waals surface area contributed by atoms with Gasteiger partial charge in [-0.1, -0.05) is 57.0 Å². The smallest absolute Gasteiger partial charge is 0.237 e. The van der Waals surface area contributed by atoms with Gasteiger partial charge in [0.2, 0.25) is 5.91 Å². The van der Waals surface area contributed by atoms with E-state index in [0.717, 1.165) is 31.5 Å². The molecule has 24 heavy (non-hydrogen) atoms. The molecule has 2 atom stereocenters. The van der Waals surface area contributed by atoms with Gasteiger partial charge < -0.3 is 15.8 Å². The van der Waals surface area contributed by atoms with Gasteiger partial charge in [-0.05, 0) is 11.5 Å². The van der Waals surface area contributed by atoms with Crippen LogP contribution in [0.4, 0.5) is 0 Å². The number of amides is 1. The van der Waals surface area contributed by atoms with Crippen molar-refractivity contribution in [2.45, 2.75) is 38.8 Å². The van der Waals surface area contributed by atoms with Crippen molar-refractivity contribution in [1.29, 1.82) is 0 Å². The average Bonchev–Trinajstić information content (AvgIpc) is 2.65. The van der Waals surface area contributed by atoms with Crippen molar-refractivity contribution < 1.29 is 9.53 Å². The van der Waals surface area contributed by atoms with Crippen molar-refractivity contribution >= 4 is 5.91 Å². The molecule has 2 rings (SSSR count). The second-order valence-electron chi connectivity index (χ2n) is 6.43. The summed E-state index contributed by atoms with van der Waals surface area (Å²) in [6, 6.07) is 9.63. The van der Waals surface area contributed by atoms with E-state index in [4.69, 9.17) is 10.5 Å². The molecule has 1 aliphatic heterocycles. The van der Waals surface area contributed by atoms with Gasteiger partial charge in [-0.2, -0.15) is 0 Å². The summed E-state index contributed by atoms with van der Waals surface area (Å²) in [4.78, 5) is 15.2. The van der Waals surface area contributed by atoms with Gasteiger partial charge in [-0.25, -0.2) is 0 Å². The van der Waals surface area contributed by atoms with E-state index in [-0.39, 0.29) is 18.0 Å². The molecule has 5 heteroatoms. The molecule has 134 valence electrons. The van der Waals surface area contributed by atoms with Crippen LogP contribution in [0.15, 0.2) is 30.3 Å². The Morgan fingerprint density at radius 3 is 2.42 bits per heavy atom. The fraction of sp³-hybridized carbons (Fsp3) is 0.632. The molecule has 0 aromatic heterocycles. The Morgan fingerprint density at radius 2 is 1.83 bits per heavy atom. The van der Waals surface area contributed by atoms with Crippen LogP contribution >= 0.6 is 0 Å². The molecule has 2 unspecified atom stereocenters. The zero-order valence-corrected chi connectivity index (χ0v) is 14.9. The van der Waals surface area contributed by atoms with Crippen molar-refractivity contribution in [3.8, 4) is 0 Å². The largest absolute Gasteiger partial charge is 0.379 e. The number of nitrogens with two attached hydrogens (primary N) is 1. The van der Waals surface area contributed by atoms with Gasteiger partial charge in [0.25, 0.3) is 0 Å². The first-order chi connectivity index (χ1) is 11.7. The number of rotatable bonds is 8. The number of ether oxygens (including phenoxy) is 1. The van der Waals surface area contributed by atoms with Crippen LogP contribution < -0.4 is 11.1 Å². The van der Waals surface area contributed by atoms with Gasteiger partial charge in [-0.3, -0.25) is 9.69 Å². The summed E-state index contributed by atoms with van der Waals surface area (Å²) in [5.41, 5.74) is 7.26. The third-order valence-electron chi connectivity index (χ3n) is 4.93. The van der Waals surface area contributed by atoms with Crippen molar-refractivity contribution in [2.75, 3.05) is 32.8 Å². The minimum atomic E-state index is -0.179. The van der Waals surface area contributed by atoms with E-state index in [0.29, 0.717) is 25.7 Å². The monoisotopic (exact) mass is 333 g/mol. The Balaban J connectivity index is 1.98. The predicted molar refractivity (Wildman–Crippen MR) is 96.6 cm³/mol. The number of benzene rings is 1. The van der Waals surface area contributed by atoms with Crippen LogP contribution in [0.3, 0.4) is 0 Å². The molecule has 1 heterocycles. The summed E-state index contributed by atoms with van der Waals surface area (Å²) in [6.45, 7) is 7.82. The van der Waals surface area contributed by atoms with E-state index in [2.05, 4.69) is 24.1 Å². The molecule has 0 bridgehead atoms. The molecule has 0 aliphatic carbocycles. The Bertz CT molecular complexity index is 485. The molecule has 5 nitrogen and oxygen atoms in total. The molecule has 0 radical (unpaired) electrons. The van der Waals surface area contributed by atoms with E-state index in [1.165, 1.54) is 0 Å². The van der Waals surface area contributed by atoms with Crippen LogP contribution in [0, 0.1) is 5.92 Å². The molecule has 1 fully saturated rings. The number of carbonyl (C=O) groups is 1. The summed E-state index contributed by atoms with van der Waals surface area (Å²) < 4.78 is 5.44. The maximum absolute atomic E-state index is 12.9. The zero-order valence-electron chi connectivity index (χ0n) is 14.9. The van der Waals surface area contributed by atoms with Crippen LogP contribution in [-0.2, 0) is 9.53 Å². The lowest BCUT2D eigenvalue weighted by Crippen LogP contribution is -2.55. The number of hydrogen-bond acceptors (Lipinski definition) is 4. The fourth-order valence-electron chi connectivity index (χ4n) is 3.40. The van der Waals surface area contributed by atoms with Gasteiger partial charge >= 0.3 is 0 Å². The van der Waals surface area contributed by atoms with Gasteiger partial charge in [0.15, 0.2) is 0 Å². The zero-order chi connectivity index (χ0) is 17.4. The predicted octanol–water partition coefficient (Wildman–Crippen LogP) is 1.94. The number of carbonyl (C=O) groups excluding carboxylic acids is 1. The summed E-state index contributed by atoms with van der Waals surface area (Å²) in [6.07, 6.45) is 1.99. The quantitative estimate of drug-likeness (QED) is 0.763. The van der Waals surface area contributed by atoms with E-state index >= 15 is 0 Å². The fourth-order valence-corrected chi connectivity index (χ4v) is 3.40. The summed E-state index contributed by atoms with van der Waals surface area (Å²) in [7, 11) is 0. The van der Waals surface area contributed by atoms with Crippen molar-refractivity contribution in [2.24, 2.45) is 11.7 Å². The molecule has 1 aromatic carbocycles. The first kappa shape index (κ1) is 18.9. The van der Waals surface area contributed by atoms with E-state index in [1.54, 1.807) is 0 Å². The van der Waals surface area contributed by atoms with Crippen LogP contribution in [0.1, 0.15) is 38.3 Å². The van der Waals surface area contributed by atoms with Gasteiger partial charge in [-0.15, -0.1) is 0 Å². The standard InChI is InChI=1S/C19H31N3O2/c1-3-15(4-2)18(22-10-12-24-13-11-22)19(23)21-14-17(20)16-8-6-5-7-9-16/h5-9,15,17-18H,3-4,10-14,20H2,1-2H3,(H,21,23). The minimum absolute atomic E-state index is 0.0909. The number of morpholine rings is 1. The lowest BCUT2D eigenvalue weighted by molar-refractivity contribution is -0.130. The third-order valence-corrected chi connectivity index (χ3v) is 4.93. The molecular weight excluding hydrogens is 302 g/mol. The van der Waals surface area contributed by atoms with Crippen molar-refractivity contribution in [3.63, 3.8) is 0 Å². The van der Waals surface area contributed by atoms with Crippen LogP contribution in [0.5, 0.6) is 0 Å². The highest BCUT2D eigenvalue weighted by Gasteiger charge is 2.32. The Morgan fingerprint density at radius 1 is 1.21 bits per heavy atom.